The number of hydrogen-bond donors (Lipinski definition) is 1. The molecule has 26 heavy (non-hydrogen) atoms. The number of anilines is 1. The summed E-state index contributed by atoms with van der Waals surface area (Å²) in [4.78, 5) is 13.3. The molecular weight excluding hydrogens is 422 g/mol. The lowest BCUT2D eigenvalue weighted by Crippen LogP contribution is -2.27. The van der Waals surface area contributed by atoms with Gasteiger partial charge in [-0.05, 0) is 42.8 Å². The highest BCUT2D eigenvalue weighted by Gasteiger charge is 2.31. The molecule has 1 N–H and O–H groups in total. The number of rotatable bonds is 3. The number of aromatic nitrogens is 3. The number of benzene rings is 2. The lowest BCUT2D eigenvalue weighted by molar-refractivity contribution is -0.115. The first-order valence-corrected chi connectivity index (χ1v) is 8.80. The van der Waals surface area contributed by atoms with E-state index in [1.54, 1.807) is 37.3 Å². The smallest absolute Gasteiger partial charge is 0.276 e. The van der Waals surface area contributed by atoms with Crippen LogP contribution >= 0.6 is 46.4 Å². The zero-order valence-electron chi connectivity index (χ0n) is 13.6. The Morgan fingerprint density at radius 2 is 1.81 bits per heavy atom. The fourth-order valence-electron chi connectivity index (χ4n) is 2.29. The normalized spacial score (nSPS) is 11.6. The molecule has 2 aromatic carbocycles. The van der Waals surface area contributed by atoms with Crippen LogP contribution in [0.2, 0.25) is 5.02 Å². The maximum Gasteiger partial charge on any atom is 0.276 e. The van der Waals surface area contributed by atoms with E-state index in [2.05, 4.69) is 15.5 Å². The van der Waals surface area contributed by atoms with Crippen LogP contribution in [0.25, 0.3) is 16.7 Å². The van der Waals surface area contributed by atoms with Crippen molar-refractivity contribution in [1.29, 1.82) is 0 Å². The Hall–Kier alpha value is -1.73. The van der Waals surface area contributed by atoms with Crippen LogP contribution in [-0.2, 0) is 4.79 Å². The maximum atomic E-state index is 11.9. The van der Waals surface area contributed by atoms with E-state index in [0.717, 1.165) is 5.56 Å². The van der Waals surface area contributed by atoms with Crippen molar-refractivity contribution in [2.24, 2.45) is 0 Å². The number of hydrogen-bond acceptors (Lipinski definition) is 4. The zero-order chi connectivity index (χ0) is 19.1. The van der Waals surface area contributed by atoms with Gasteiger partial charge < -0.3 is 10.1 Å². The monoisotopic (exact) mass is 432 g/mol. The van der Waals surface area contributed by atoms with E-state index in [1.807, 2.05) is 0 Å². The Morgan fingerprint density at radius 1 is 1.15 bits per heavy atom. The van der Waals surface area contributed by atoms with Crippen LogP contribution in [0.1, 0.15) is 5.56 Å². The Labute approximate surface area is 168 Å². The van der Waals surface area contributed by atoms with E-state index >= 15 is 0 Å². The summed E-state index contributed by atoms with van der Waals surface area (Å²) in [5.41, 5.74) is 3.09. The van der Waals surface area contributed by atoms with Gasteiger partial charge in [-0.2, -0.15) is 4.80 Å². The summed E-state index contributed by atoms with van der Waals surface area (Å²) in [5, 5.41) is 11.8. The molecule has 3 rings (SSSR count). The Morgan fingerprint density at radius 3 is 2.38 bits per heavy atom. The number of alkyl halides is 3. The summed E-state index contributed by atoms with van der Waals surface area (Å²) >= 11 is 22.9. The highest BCUT2D eigenvalue weighted by atomic mass is 35.6. The average Bonchev–Trinajstić information content (AvgIpc) is 2.96. The molecule has 10 heteroatoms. The highest BCUT2D eigenvalue weighted by Crippen LogP contribution is 2.30. The van der Waals surface area contributed by atoms with Gasteiger partial charge in [0.1, 0.15) is 16.8 Å². The molecule has 136 valence electrons. The largest absolute Gasteiger partial charge is 0.495 e. The first-order chi connectivity index (χ1) is 12.2. The Bertz CT molecular complexity index is 998. The molecule has 0 aliphatic heterocycles. The lowest BCUT2D eigenvalue weighted by atomic mass is 10.1. The van der Waals surface area contributed by atoms with Crippen LogP contribution in [0, 0.1) is 6.92 Å². The Balaban J connectivity index is 1.99. The summed E-state index contributed by atoms with van der Waals surface area (Å²) < 4.78 is 3.08. The predicted molar refractivity (Wildman–Crippen MR) is 104 cm³/mol. The van der Waals surface area contributed by atoms with Gasteiger partial charge in [0.2, 0.25) is 0 Å². The number of carbonyl (C=O) groups is 1. The molecule has 0 aliphatic carbocycles. The predicted octanol–water partition coefficient (Wildman–Crippen LogP) is 4.70. The van der Waals surface area contributed by atoms with Gasteiger partial charge >= 0.3 is 0 Å². The van der Waals surface area contributed by atoms with Crippen molar-refractivity contribution in [2.45, 2.75) is 10.7 Å². The molecule has 0 atom stereocenters. The van der Waals surface area contributed by atoms with Gasteiger partial charge in [-0.15, -0.1) is 10.2 Å². The summed E-state index contributed by atoms with van der Waals surface area (Å²) in [5.74, 6) is -0.195. The second kappa shape index (κ2) is 7.12. The van der Waals surface area contributed by atoms with Gasteiger partial charge in [-0.1, -0.05) is 46.4 Å². The third-order valence-corrected chi connectivity index (χ3v) is 4.41. The van der Waals surface area contributed by atoms with Gasteiger partial charge in [0.15, 0.2) is 0 Å². The number of ether oxygens (including phenoxy) is 1. The number of carbonyl (C=O) groups excluding carboxylic acids is 1. The van der Waals surface area contributed by atoms with E-state index in [1.165, 1.54) is 11.9 Å². The average molecular weight is 434 g/mol. The van der Waals surface area contributed by atoms with Crippen LogP contribution in [0.3, 0.4) is 0 Å². The number of nitrogens with one attached hydrogen (secondary N) is 1. The number of aryl methyl sites for hydroxylation is 1. The van der Waals surface area contributed by atoms with Crippen molar-refractivity contribution in [2.75, 3.05) is 12.4 Å². The van der Waals surface area contributed by atoms with E-state index < -0.39 is 9.70 Å². The second-order valence-corrected chi connectivity index (χ2v) is 8.10. The minimum Gasteiger partial charge on any atom is -0.495 e. The molecular formula is C16H12Cl4N4O2. The first kappa shape index (κ1) is 19.0. The zero-order valence-corrected chi connectivity index (χ0v) is 16.6. The van der Waals surface area contributed by atoms with Gasteiger partial charge in [0, 0.05) is 5.69 Å². The second-order valence-electron chi connectivity index (χ2n) is 5.42. The van der Waals surface area contributed by atoms with Crippen molar-refractivity contribution in [3.63, 3.8) is 0 Å². The van der Waals surface area contributed by atoms with Crippen LogP contribution in [0.5, 0.6) is 5.75 Å². The van der Waals surface area contributed by atoms with E-state index in [4.69, 9.17) is 51.1 Å². The summed E-state index contributed by atoms with van der Waals surface area (Å²) in [7, 11) is 1.54. The van der Waals surface area contributed by atoms with E-state index in [0.29, 0.717) is 33.2 Å². The molecule has 0 saturated heterocycles. The molecule has 1 aromatic heterocycles. The van der Waals surface area contributed by atoms with Crippen LogP contribution < -0.4 is 10.1 Å². The molecule has 0 fully saturated rings. The molecule has 0 bridgehead atoms. The van der Waals surface area contributed by atoms with Gasteiger partial charge in [0.25, 0.3) is 9.70 Å². The number of methoxy groups -OCH3 is 1. The minimum absolute atomic E-state index is 0.443. The summed E-state index contributed by atoms with van der Waals surface area (Å²) in [6.07, 6.45) is 0. The number of halogens is 4. The number of amides is 1. The van der Waals surface area contributed by atoms with Crippen molar-refractivity contribution in [3.8, 4) is 11.4 Å². The van der Waals surface area contributed by atoms with Crippen LogP contribution in [0.4, 0.5) is 5.69 Å². The molecule has 3 aromatic rings. The minimum atomic E-state index is -2.06. The van der Waals surface area contributed by atoms with Crippen molar-refractivity contribution in [1.82, 2.24) is 15.0 Å². The molecule has 0 aliphatic rings. The molecule has 0 unspecified atom stereocenters. The fourth-order valence-corrected chi connectivity index (χ4v) is 2.68. The topological polar surface area (TPSA) is 69.0 Å². The summed E-state index contributed by atoms with van der Waals surface area (Å²) in [6.45, 7) is 1.80. The van der Waals surface area contributed by atoms with Crippen molar-refractivity contribution < 1.29 is 9.53 Å². The van der Waals surface area contributed by atoms with Gasteiger partial charge in [-0.3, -0.25) is 4.79 Å². The Kier molecular flexibility index (Phi) is 5.21. The maximum absolute atomic E-state index is 11.9. The molecule has 1 heterocycles. The SMILES string of the molecule is COc1ccc(-n2nc3cc(C)c(NC(=O)C(Cl)(Cl)Cl)cc3n2)cc1Cl. The first-order valence-electron chi connectivity index (χ1n) is 7.29. The third kappa shape index (κ3) is 3.83. The number of nitrogens with zero attached hydrogens (tertiary/aromatic N) is 3. The van der Waals surface area contributed by atoms with Gasteiger partial charge in [-0.25, -0.2) is 0 Å². The highest BCUT2D eigenvalue weighted by molar-refractivity contribution is 6.76. The van der Waals surface area contributed by atoms with Crippen LogP contribution in [0.15, 0.2) is 30.3 Å². The quantitative estimate of drug-likeness (QED) is 0.607. The lowest BCUT2D eigenvalue weighted by Gasteiger charge is -2.12. The van der Waals surface area contributed by atoms with E-state index in [-0.39, 0.29) is 0 Å². The standard InChI is InChI=1S/C16H12Cl4N4O2/c1-8-5-12-13(7-11(8)21-15(25)16(18,19)20)23-24(22-12)9-3-4-14(26-2)10(17)6-9/h3-7H,1-2H3,(H,21,25). The fraction of sp³-hybridized carbons (Fsp3) is 0.188. The van der Waals surface area contributed by atoms with Crippen molar-refractivity contribution >= 4 is 69.0 Å². The molecule has 1 amide bonds. The number of fused-ring (bicyclic) bond motifs is 1. The third-order valence-electron chi connectivity index (χ3n) is 3.60. The molecule has 0 spiro atoms. The van der Waals surface area contributed by atoms with Crippen molar-refractivity contribution in [3.05, 3.63) is 40.9 Å². The molecule has 0 radical (unpaired) electrons. The van der Waals surface area contributed by atoms with Crippen LogP contribution in [-0.4, -0.2) is 31.8 Å². The van der Waals surface area contributed by atoms with E-state index in [9.17, 15) is 4.79 Å². The molecule has 6 nitrogen and oxygen atoms in total. The molecule has 0 saturated carbocycles. The summed E-state index contributed by atoms with van der Waals surface area (Å²) in [6, 6.07) is 8.63. The van der Waals surface area contributed by atoms with Gasteiger partial charge in [0.05, 0.1) is 17.8 Å².